The molecule has 1 aromatic heterocycles. The summed E-state index contributed by atoms with van der Waals surface area (Å²) in [5, 5.41) is 0. The van der Waals surface area contributed by atoms with Gasteiger partial charge >= 0.3 is 0 Å². The van der Waals surface area contributed by atoms with Crippen molar-refractivity contribution in [3.05, 3.63) is 59.7 Å². The quantitative estimate of drug-likeness (QED) is 0.591. The van der Waals surface area contributed by atoms with E-state index in [1.165, 1.54) is 12.5 Å². The minimum atomic E-state index is -0.242. The first-order chi connectivity index (χ1) is 15.1. The van der Waals surface area contributed by atoms with E-state index >= 15 is 0 Å². The molecule has 31 heavy (non-hydrogen) atoms. The molecule has 5 nitrogen and oxygen atoms in total. The number of fused-ring (bicyclic) bond motifs is 1. The third-order valence-corrected chi connectivity index (χ3v) is 6.87. The predicted molar refractivity (Wildman–Crippen MR) is 118 cm³/mol. The van der Waals surface area contributed by atoms with Gasteiger partial charge in [-0.05, 0) is 43.9 Å². The molecule has 1 saturated carbocycles. The summed E-state index contributed by atoms with van der Waals surface area (Å²) in [7, 11) is 1.63. The molecule has 0 unspecified atom stereocenters. The number of imidazole rings is 1. The second-order valence-electron chi connectivity index (χ2n) is 8.70. The molecule has 0 N–H and O–H groups in total. The Morgan fingerprint density at radius 1 is 1.13 bits per heavy atom. The van der Waals surface area contributed by atoms with Crippen molar-refractivity contribution in [2.75, 3.05) is 20.2 Å². The molecule has 0 radical (unpaired) electrons. The highest BCUT2D eigenvalue weighted by molar-refractivity contribution is 5.80. The Bertz CT molecular complexity index is 1100. The summed E-state index contributed by atoms with van der Waals surface area (Å²) < 4.78 is 21.5. The summed E-state index contributed by atoms with van der Waals surface area (Å²) in [5.41, 5.74) is 2.69. The lowest BCUT2D eigenvalue weighted by Gasteiger charge is -2.35. The summed E-state index contributed by atoms with van der Waals surface area (Å²) in [4.78, 5) is 19.7. The van der Waals surface area contributed by atoms with Gasteiger partial charge in [0, 0.05) is 36.7 Å². The number of piperidine rings is 1. The van der Waals surface area contributed by atoms with Gasteiger partial charge in [-0.1, -0.05) is 24.6 Å². The highest BCUT2D eigenvalue weighted by Crippen LogP contribution is 2.40. The smallest absolute Gasteiger partial charge is 0.227 e. The van der Waals surface area contributed by atoms with Crippen molar-refractivity contribution in [1.29, 1.82) is 0 Å². The Morgan fingerprint density at radius 3 is 2.61 bits per heavy atom. The molecule has 2 aromatic carbocycles. The lowest BCUT2D eigenvalue weighted by atomic mass is 9.84. The Labute approximate surface area is 181 Å². The normalized spacial score (nSPS) is 17.7. The third-order valence-electron chi connectivity index (χ3n) is 6.87. The van der Waals surface area contributed by atoms with E-state index in [4.69, 9.17) is 9.72 Å². The highest BCUT2D eigenvalue weighted by Gasteiger charge is 2.31. The van der Waals surface area contributed by atoms with Crippen LogP contribution in [-0.2, 0) is 11.2 Å². The van der Waals surface area contributed by atoms with Crippen molar-refractivity contribution in [1.82, 2.24) is 14.5 Å². The van der Waals surface area contributed by atoms with Crippen molar-refractivity contribution >= 4 is 16.9 Å². The van der Waals surface area contributed by atoms with Gasteiger partial charge in [0.1, 0.15) is 17.4 Å². The molecule has 0 bridgehead atoms. The lowest BCUT2D eigenvalue weighted by molar-refractivity contribution is -0.131. The highest BCUT2D eigenvalue weighted by atomic mass is 19.1. The Morgan fingerprint density at radius 2 is 1.90 bits per heavy atom. The van der Waals surface area contributed by atoms with Crippen molar-refractivity contribution < 1.29 is 13.9 Å². The molecule has 0 spiro atoms. The largest absolute Gasteiger partial charge is 0.496 e. The topological polar surface area (TPSA) is 47.4 Å². The standard InChI is InChI=1S/C25H28FN3O2/c1-31-23-8-3-2-5-18(23)15-24(30)28-13-11-20(12-14-28)29-22-10-9-19(26)16-21(22)27-25(29)17-6-4-7-17/h2-3,5,8-10,16-17,20H,4,6-7,11-15H2,1H3. The summed E-state index contributed by atoms with van der Waals surface area (Å²) >= 11 is 0. The molecule has 6 heteroatoms. The summed E-state index contributed by atoms with van der Waals surface area (Å²) in [5.74, 6) is 2.23. The first kappa shape index (κ1) is 20.0. The molecule has 1 saturated heterocycles. The Kier molecular flexibility index (Phi) is 5.38. The number of para-hydroxylation sites is 1. The molecule has 3 aromatic rings. The van der Waals surface area contributed by atoms with Gasteiger partial charge in [0.25, 0.3) is 0 Å². The average Bonchev–Trinajstić information content (AvgIpc) is 3.10. The lowest BCUT2D eigenvalue weighted by Crippen LogP contribution is -2.40. The molecule has 2 fully saturated rings. The molecule has 162 valence electrons. The van der Waals surface area contributed by atoms with Crippen LogP contribution in [0.2, 0.25) is 0 Å². The van der Waals surface area contributed by atoms with Crippen molar-refractivity contribution in [3.8, 4) is 5.75 Å². The second kappa shape index (κ2) is 8.33. The number of carbonyl (C=O) groups is 1. The van der Waals surface area contributed by atoms with E-state index in [1.54, 1.807) is 13.2 Å². The minimum Gasteiger partial charge on any atom is -0.496 e. The zero-order valence-corrected chi connectivity index (χ0v) is 17.9. The van der Waals surface area contributed by atoms with Gasteiger partial charge in [-0.25, -0.2) is 9.37 Å². The van der Waals surface area contributed by atoms with Crippen LogP contribution in [0.4, 0.5) is 4.39 Å². The van der Waals surface area contributed by atoms with Gasteiger partial charge in [-0.2, -0.15) is 0 Å². The van der Waals surface area contributed by atoms with Crippen molar-refractivity contribution in [2.24, 2.45) is 0 Å². The number of likely N-dealkylation sites (tertiary alicyclic amines) is 1. The van der Waals surface area contributed by atoms with Crippen LogP contribution >= 0.6 is 0 Å². The number of carbonyl (C=O) groups excluding carboxylic acids is 1. The SMILES string of the molecule is COc1ccccc1CC(=O)N1CCC(n2c(C3CCC3)nc3cc(F)ccc32)CC1. The number of hydrogen-bond acceptors (Lipinski definition) is 3. The fraction of sp³-hybridized carbons (Fsp3) is 0.440. The molecule has 0 atom stereocenters. The molecule has 1 aliphatic carbocycles. The number of nitrogens with zero attached hydrogens (tertiary/aromatic N) is 3. The fourth-order valence-electron chi connectivity index (χ4n) is 4.93. The van der Waals surface area contributed by atoms with Gasteiger partial charge in [0.05, 0.1) is 24.6 Å². The van der Waals surface area contributed by atoms with Gasteiger partial charge in [-0.3, -0.25) is 4.79 Å². The van der Waals surface area contributed by atoms with E-state index < -0.39 is 0 Å². The van der Waals surface area contributed by atoms with Crippen LogP contribution in [0.15, 0.2) is 42.5 Å². The fourth-order valence-corrected chi connectivity index (χ4v) is 4.93. The maximum atomic E-state index is 13.8. The molecule has 1 aliphatic heterocycles. The number of methoxy groups -OCH3 is 1. The summed E-state index contributed by atoms with van der Waals surface area (Å²) in [6.07, 6.45) is 5.68. The summed E-state index contributed by atoms with van der Waals surface area (Å²) in [6, 6.07) is 12.9. The monoisotopic (exact) mass is 421 g/mol. The third kappa shape index (κ3) is 3.80. The maximum Gasteiger partial charge on any atom is 0.227 e. The van der Waals surface area contributed by atoms with Crippen molar-refractivity contribution in [2.45, 2.75) is 50.5 Å². The van der Waals surface area contributed by atoms with Crippen LogP contribution in [0, 0.1) is 5.82 Å². The van der Waals surface area contributed by atoms with E-state index in [2.05, 4.69) is 4.57 Å². The Balaban J connectivity index is 1.32. The zero-order chi connectivity index (χ0) is 21.4. The number of benzene rings is 2. The van der Waals surface area contributed by atoms with Gasteiger partial charge in [-0.15, -0.1) is 0 Å². The number of aromatic nitrogens is 2. The van der Waals surface area contributed by atoms with E-state index in [-0.39, 0.29) is 11.7 Å². The van der Waals surface area contributed by atoms with Crippen LogP contribution in [0.3, 0.4) is 0 Å². The first-order valence-corrected chi connectivity index (χ1v) is 11.2. The minimum absolute atomic E-state index is 0.139. The molecule has 5 rings (SSSR count). The number of amides is 1. The van der Waals surface area contributed by atoms with Crippen LogP contribution in [0.1, 0.15) is 55.5 Å². The van der Waals surface area contributed by atoms with Crippen LogP contribution < -0.4 is 4.74 Å². The molecule has 1 amide bonds. The first-order valence-electron chi connectivity index (χ1n) is 11.2. The van der Waals surface area contributed by atoms with Gasteiger partial charge < -0.3 is 14.2 Å². The second-order valence-corrected chi connectivity index (χ2v) is 8.70. The Hall–Kier alpha value is -2.89. The van der Waals surface area contributed by atoms with Crippen LogP contribution in [-0.4, -0.2) is 40.6 Å². The van der Waals surface area contributed by atoms with Crippen LogP contribution in [0.25, 0.3) is 11.0 Å². The molecular weight excluding hydrogens is 393 g/mol. The van der Waals surface area contributed by atoms with Gasteiger partial charge in [0.2, 0.25) is 5.91 Å². The van der Waals surface area contributed by atoms with E-state index in [0.717, 1.165) is 66.9 Å². The molecule has 2 aliphatic rings. The van der Waals surface area contributed by atoms with E-state index in [0.29, 0.717) is 18.4 Å². The number of hydrogen-bond donors (Lipinski definition) is 0. The molecular formula is C25H28FN3O2. The predicted octanol–water partition coefficient (Wildman–Crippen LogP) is 4.86. The van der Waals surface area contributed by atoms with Gasteiger partial charge in [0.15, 0.2) is 0 Å². The number of rotatable bonds is 5. The summed E-state index contributed by atoms with van der Waals surface area (Å²) in [6.45, 7) is 1.45. The molecule has 2 heterocycles. The zero-order valence-electron chi connectivity index (χ0n) is 17.9. The van der Waals surface area contributed by atoms with E-state index in [1.807, 2.05) is 35.2 Å². The average molecular weight is 422 g/mol. The number of halogens is 1. The maximum absolute atomic E-state index is 13.8. The van der Waals surface area contributed by atoms with E-state index in [9.17, 15) is 9.18 Å². The van der Waals surface area contributed by atoms with Crippen LogP contribution in [0.5, 0.6) is 5.75 Å². The van der Waals surface area contributed by atoms with Crippen molar-refractivity contribution in [3.63, 3.8) is 0 Å². The number of ether oxygens (including phenoxy) is 1.